The Labute approximate surface area is 588 Å². The van der Waals surface area contributed by atoms with Crippen LogP contribution in [0.25, 0.3) is 0 Å². The van der Waals surface area contributed by atoms with Crippen molar-refractivity contribution in [2.75, 3.05) is 39.6 Å². The Morgan fingerprint density at radius 2 is 0.479 bits per heavy atom. The summed E-state index contributed by atoms with van der Waals surface area (Å²) in [6.07, 6.45) is 54.3. The monoisotopic (exact) mass is 1410 g/mol. The lowest BCUT2D eigenvalue weighted by molar-refractivity contribution is -0.161. The second-order valence-corrected chi connectivity index (χ2v) is 32.1. The van der Waals surface area contributed by atoms with Crippen LogP contribution < -0.4 is 0 Å². The Bertz CT molecular complexity index is 1870. The molecule has 96 heavy (non-hydrogen) atoms. The maximum Gasteiger partial charge on any atom is 0.472 e. The second kappa shape index (κ2) is 67.5. The van der Waals surface area contributed by atoms with E-state index in [9.17, 15) is 43.2 Å². The molecule has 0 aromatic rings. The number of carbonyl (C=O) groups excluding carboxylic acids is 4. The van der Waals surface area contributed by atoms with Crippen LogP contribution in [0.15, 0.2) is 0 Å². The van der Waals surface area contributed by atoms with Gasteiger partial charge in [-0.15, -0.1) is 0 Å². The topological polar surface area (TPSA) is 237 Å². The zero-order valence-electron chi connectivity index (χ0n) is 62.8. The number of carbonyl (C=O) groups is 4. The molecule has 0 aromatic carbocycles. The molecule has 0 amide bonds. The molecule has 0 aliphatic carbocycles. The number of phosphoric ester groups is 2. The van der Waals surface area contributed by atoms with Gasteiger partial charge in [0.2, 0.25) is 0 Å². The second-order valence-electron chi connectivity index (χ2n) is 29.2. The van der Waals surface area contributed by atoms with Crippen LogP contribution in [-0.2, 0) is 65.4 Å². The van der Waals surface area contributed by atoms with E-state index in [0.717, 1.165) is 108 Å². The third-order valence-corrected chi connectivity index (χ3v) is 19.8. The normalized spacial score (nSPS) is 14.1. The Balaban J connectivity index is 5.23. The maximum absolute atomic E-state index is 13.1. The fraction of sp³-hybridized carbons (Fsp3) is 0.948. The van der Waals surface area contributed by atoms with Crippen molar-refractivity contribution >= 4 is 39.5 Å². The average Bonchev–Trinajstić information content (AvgIpc) is 2.08. The van der Waals surface area contributed by atoms with Gasteiger partial charge >= 0.3 is 39.5 Å². The number of aliphatic hydroxyl groups is 1. The molecule has 0 aromatic heterocycles. The van der Waals surface area contributed by atoms with E-state index in [-0.39, 0.29) is 25.7 Å². The summed E-state index contributed by atoms with van der Waals surface area (Å²) >= 11 is 0. The summed E-state index contributed by atoms with van der Waals surface area (Å²) in [5, 5.41) is 10.6. The van der Waals surface area contributed by atoms with Crippen LogP contribution in [-0.4, -0.2) is 96.7 Å². The predicted molar refractivity (Wildman–Crippen MR) is 391 cm³/mol. The van der Waals surface area contributed by atoms with Crippen molar-refractivity contribution in [1.82, 2.24) is 0 Å². The molecule has 0 saturated heterocycles. The first-order valence-corrected chi connectivity index (χ1v) is 42.8. The van der Waals surface area contributed by atoms with Gasteiger partial charge in [-0.05, 0) is 43.4 Å². The van der Waals surface area contributed by atoms with Crippen LogP contribution >= 0.6 is 15.6 Å². The van der Waals surface area contributed by atoms with E-state index in [1.165, 1.54) is 199 Å². The van der Waals surface area contributed by atoms with Gasteiger partial charge in [-0.3, -0.25) is 37.3 Å². The molecule has 0 fully saturated rings. The molecule has 0 radical (unpaired) electrons. The lowest BCUT2D eigenvalue weighted by Crippen LogP contribution is -2.30. The number of esters is 4. The van der Waals surface area contributed by atoms with E-state index in [1.807, 2.05) is 0 Å². The molecule has 2 unspecified atom stereocenters. The SMILES string of the molecule is CCCCCCCCCCCCCCCCCCCCCC(=O)O[C@H](COC(=O)CCCCCCCCCCCCCCC(C)C)COP(=O)(O)OC[C@@H](O)COP(=O)(O)OC[C@@H](COC(=O)CCCCCCCCC(C)C)OC(=O)CCCCCCCCCCCCC(C)C. The molecule has 17 nitrogen and oxygen atoms in total. The molecule has 0 aliphatic heterocycles. The molecule has 0 saturated carbocycles. The third-order valence-electron chi connectivity index (χ3n) is 17.9. The molecule has 19 heteroatoms. The van der Waals surface area contributed by atoms with Crippen LogP contribution in [0.4, 0.5) is 0 Å². The van der Waals surface area contributed by atoms with Crippen molar-refractivity contribution in [2.24, 2.45) is 17.8 Å². The van der Waals surface area contributed by atoms with E-state index in [2.05, 4.69) is 48.5 Å². The van der Waals surface area contributed by atoms with Crippen molar-refractivity contribution < 1.29 is 80.2 Å². The number of phosphoric acid groups is 2. The highest BCUT2D eigenvalue weighted by molar-refractivity contribution is 7.47. The lowest BCUT2D eigenvalue weighted by atomic mass is 10.0. The third kappa shape index (κ3) is 70.5. The highest BCUT2D eigenvalue weighted by Crippen LogP contribution is 2.45. The van der Waals surface area contributed by atoms with Gasteiger partial charge in [0.15, 0.2) is 12.2 Å². The zero-order chi connectivity index (χ0) is 70.9. The predicted octanol–water partition coefficient (Wildman–Crippen LogP) is 22.6. The van der Waals surface area contributed by atoms with Gasteiger partial charge in [0.1, 0.15) is 19.3 Å². The van der Waals surface area contributed by atoms with E-state index in [1.54, 1.807) is 0 Å². The van der Waals surface area contributed by atoms with Gasteiger partial charge in [-0.1, -0.05) is 344 Å². The summed E-state index contributed by atoms with van der Waals surface area (Å²) in [7, 11) is -9.91. The van der Waals surface area contributed by atoms with Gasteiger partial charge in [-0.25, -0.2) is 9.13 Å². The minimum atomic E-state index is -4.96. The summed E-state index contributed by atoms with van der Waals surface area (Å²) in [5.41, 5.74) is 0. The Kier molecular flexibility index (Phi) is 66.2. The maximum atomic E-state index is 13.1. The number of ether oxygens (including phenoxy) is 4. The van der Waals surface area contributed by atoms with Gasteiger partial charge in [0.05, 0.1) is 26.4 Å². The van der Waals surface area contributed by atoms with Crippen LogP contribution in [0.3, 0.4) is 0 Å². The van der Waals surface area contributed by atoms with Gasteiger partial charge in [0.25, 0.3) is 0 Å². The molecule has 5 atom stereocenters. The van der Waals surface area contributed by atoms with E-state index in [0.29, 0.717) is 31.6 Å². The average molecular weight is 1410 g/mol. The number of rotatable bonds is 75. The quantitative estimate of drug-likeness (QED) is 0.0222. The Morgan fingerprint density at radius 1 is 0.281 bits per heavy atom. The van der Waals surface area contributed by atoms with Gasteiger partial charge in [0, 0.05) is 25.7 Å². The Morgan fingerprint density at radius 3 is 0.708 bits per heavy atom. The summed E-state index contributed by atoms with van der Waals surface area (Å²) in [6, 6.07) is 0. The molecule has 0 rings (SSSR count). The number of aliphatic hydroxyl groups excluding tert-OH is 1. The van der Waals surface area contributed by atoms with Crippen molar-refractivity contribution in [1.29, 1.82) is 0 Å². The largest absolute Gasteiger partial charge is 0.472 e. The standard InChI is InChI=1S/C77H150O17P2/c1-8-9-10-11-12-13-14-15-16-17-18-19-20-21-26-32-37-46-53-60-76(81)93-72(64-87-74(79)58-51-44-36-31-25-23-22-24-29-34-41-48-55-68(2)3)66-91-95(83,84)89-62-71(78)63-90-96(85,86)92-67-73(65-88-75(80)59-52-45-40-39-43-50-57-70(6)7)94-77(82)61-54-47-38-33-28-27-30-35-42-49-56-69(4)5/h68-73,78H,8-67H2,1-7H3,(H,83,84)(H,85,86)/t71-,72-,73-/m1/s1. The van der Waals surface area contributed by atoms with Crippen molar-refractivity contribution in [3.8, 4) is 0 Å². The van der Waals surface area contributed by atoms with E-state index < -0.39 is 97.5 Å². The van der Waals surface area contributed by atoms with Crippen molar-refractivity contribution in [2.45, 2.75) is 414 Å². The minimum absolute atomic E-state index is 0.105. The molecular weight excluding hydrogens is 1260 g/mol. The van der Waals surface area contributed by atoms with Crippen molar-refractivity contribution in [3.63, 3.8) is 0 Å². The van der Waals surface area contributed by atoms with Crippen molar-refractivity contribution in [3.05, 3.63) is 0 Å². The fourth-order valence-corrected chi connectivity index (χ4v) is 13.4. The zero-order valence-corrected chi connectivity index (χ0v) is 64.6. The van der Waals surface area contributed by atoms with E-state index >= 15 is 0 Å². The number of hydrogen-bond acceptors (Lipinski definition) is 15. The summed E-state index contributed by atoms with van der Waals surface area (Å²) < 4.78 is 68.5. The summed E-state index contributed by atoms with van der Waals surface area (Å²) in [6.45, 7) is 11.8. The summed E-state index contributed by atoms with van der Waals surface area (Å²) in [4.78, 5) is 72.8. The van der Waals surface area contributed by atoms with E-state index in [4.69, 9.17) is 37.0 Å². The summed E-state index contributed by atoms with van der Waals surface area (Å²) in [5.74, 6) is 0.0943. The van der Waals surface area contributed by atoms with Crippen LogP contribution in [0.5, 0.6) is 0 Å². The smallest absolute Gasteiger partial charge is 0.462 e. The number of unbranched alkanes of at least 4 members (excludes halogenated alkanes) is 43. The highest BCUT2D eigenvalue weighted by atomic mass is 31.2. The lowest BCUT2D eigenvalue weighted by Gasteiger charge is -2.21. The first kappa shape index (κ1) is 94.1. The molecule has 0 heterocycles. The molecule has 0 spiro atoms. The molecule has 570 valence electrons. The minimum Gasteiger partial charge on any atom is -0.462 e. The first-order chi connectivity index (χ1) is 46.2. The molecule has 0 bridgehead atoms. The molecule has 3 N–H and O–H groups in total. The Hall–Kier alpha value is -1.94. The van der Waals surface area contributed by atoms with Crippen LogP contribution in [0.2, 0.25) is 0 Å². The molecular formula is C77H150O17P2. The van der Waals surface area contributed by atoms with Crippen LogP contribution in [0.1, 0.15) is 395 Å². The van der Waals surface area contributed by atoms with Crippen LogP contribution in [0, 0.1) is 17.8 Å². The number of hydrogen-bond donors (Lipinski definition) is 3. The highest BCUT2D eigenvalue weighted by Gasteiger charge is 2.30. The molecule has 0 aliphatic rings. The first-order valence-electron chi connectivity index (χ1n) is 39.8. The van der Waals surface area contributed by atoms with Gasteiger partial charge < -0.3 is 33.8 Å². The fourth-order valence-electron chi connectivity index (χ4n) is 11.8. The van der Waals surface area contributed by atoms with Gasteiger partial charge in [-0.2, -0.15) is 0 Å².